The molecule has 0 unspecified atom stereocenters. The number of nitro groups is 1. The molecule has 0 saturated carbocycles. The summed E-state index contributed by atoms with van der Waals surface area (Å²) in [5.74, 6) is 0.517. The lowest BCUT2D eigenvalue weighted by atomic mass is 10.3. The van der Waals surface area contributed by atoms with E-state index < -0.39 is 4.92 Å². The number of methoxy groups -OCH3 is 2. The number of hydrogen-bond acceptors (Lipinski definition) is 7. The Labute approximate surface area is 117 Å². The average Bonchev–Trinajstić information content (AvgIpc) is 2.42. The summed E-state index contributed by atoms with van der Waals surface area (Å²) in [6.07, 6.45) is 0.730. The van der Waals surface area contributed by atoms with Crippen LogP contribution in [0.3, 0.4) is 0 Å². The van der Waals surface area contributed by atoms with Crippen LogP contribution in [0.25, 0.3) is 0 Å². The van der Waals surface area contributed by atoms with Crippen LogP contribution in [0.1, 0.15) is 6.42 Å². The van der Waals surface area contributed by atoms with Crippen molar-refractivity contribution in [1.82, 2.24) is 4.98 Å². The van der Waals surface area contributed by atoms with Crippen molar-refractivity contribution in [2.24, 2.45) is 0 Å². The first kappa shape index (κ1) is 16.1. The minimum Gasteiger partial charge on any atom is -0.385 e. The third kappa shape index (κ3) is 4.63. The standard InChI is InChI=1S/C12H20N4O4/c1-19-8-3-6-15(7-9-20-2)12-10(16(17)18)4-5-11(13)14-12/h4-5H,3,6-9H2,1-2H3,(H2,13,14). The number of ether oxygens (including phenoxy) is 2. The molecular formula is C12H20N4O4. The third-order valence-corrected chi connectivity index (χ3v) is 2.71. The summed E-state index contributed by atoms with van der Waals surface area (Å²) < 4.78 is 10.0. The molecule has 0 spiro atoms. The maximum Gasteiger partial charge on any atom is 0.311 e. The normalized spacial score (nSPS) is 10.5. The van der Waals surface area contributed by atoms with Gasteiger partial charge < -0.3 is 20.1 Å². The van der Waals surface area contributed by atoms with Gasteiger partial charge in [0.15, 0.2) is 0 Å². The summed E-state index contributed by atoms with van der Waals surface area (Å²) in [6.45, 7) is 2.09. The lowest BCUT2D eigenvalue weighted by molar-refractivity contribution is -0.384. The molecular weight excluding hydrogens is 264 g/mol. The lowest BCUT2D eigenvalue weighted by Crippen LogP contribution is -2.30. The first-order chi connectivity index (χ1) is 9.60. The molecule has 0 fully saturated rings. The highest BCUT2D eigenvalue weighted by molar-refractivity contribution is 5.61. The number of aromatic nitrogens is 1. The summed E-state index contributed by atoms with van der Waals surface area (Å²) in [5, 5.41) is 11.1. The molecule has 1 aromatic rings. The van der Waals surface area contributed by atoms with Crippen LogP contribution in [0.15, 0.2) is 12.1 Å². The Balaban J connectivity index is 2.97. The van der Waals surface area contributed by atoms with Gasteiger partial charge in [0.25, 0.3) is 0 Å². The molecule has 1 aromatic heterocycles. The van der Waals surface area contributed by atoms with Crippen molar-refractivity contribution < 1.29 is 14.4 Å². The molecule has 0 aliphatic rings. The van der Waals surface area contributed by atoms with Gasteiger partial charge in [0, 0.05) is 40.0 Å². The molecule has 0 bridgehead atoms. The van der Waals surface area contributed by atoms with E-state index in [-0.39, 0.29) is 17.3 Å². The van der Waals surface area contributed by atoms with Crippen molar-refractivity contribution in [1.29, 1.82) is 0 Å². The van der Waals surface area contributed by atoms with Gasteiger partial charge in [0.05, 0.1) is 11.5 Å². The van der Waals surface area contributed by atoms with Crippen LogP contribution in [0, 0.1) is 10.1 Å². The summed E-state index contributed by atoms with van der Waals surface area (Å²) in [4.78, 5) is 16.5. The van der Waals surface area contributed by atoms with Crippen LogP contribution < -0.4 is 10.6 Å². The molecule has 1 rings (SSSR count). The highest BCUT2D eigenvalue weighted by Crippen LogP contribution is 2.26. The molecule has 1 heterocycles. The van der Waals surface area contributed by atoms with Gasteiger partial charge in [0.2, 0.25) is 5.82 Å². The molecule has 8 nitrogen and oxygen atoms in total. The smallest absolute Gasteiger partial charge is 0.311 e. The van der Waals surface area contributed by atoms with Gasteiger partial charge in [0.1, 0.15) is 5.82 Å². The minimum atomic E-state index is -0.460. The van der Waals surface area contributed by atoms with E-state index in [1.807, 2.05) is 0 Å². The quantitative estimate of drug-likeness (QED) is 0.410. The maximum atomic E-state index is 11.1. The van der Waals surface area contributed by atoms with E-state index in [1.165, 1.54) is 12.1 Å². The van der Waals surface area contributed by atoms with Crippen LogP contribution in [-0.2, 0) is 9.47 Å². The first-order valence-corrected chi connectivity index (χ1v) is 6.24. The second-order valence-corrected chi connectivity index (χ2v) is 4.16. The first-order valence-electron chi connectivity index (χ1n) is 6.24. The van der Waals surface area contributed by atoms with Gasteiger partial charge in [-0.3, -0.25) is 10.1 Å². The van der Waals surface area contributed by atoms with E-state index >= 15 is 0 Å². The van der Waals surface area contributed by atoms with Crippen molar-refractivity contribution in [3.8, 4) is 0 Å². The average molecular weight is 284 g/mol. The molecule has 0 aliphatic carbocycles. The van der Waals surface area contributed by atoms with Crippen molar-refractivity contribution >= 4 is 17.3 Å². The Bertz CT molecular complexity index is 441. The maximum absolute atomic E-state index is 11.1. The van der Waals surface area contributed by atoms with Crippen molar-refractivity contribution in [2.45, 2.75) is 6.42 Å². The number of rotatable bonds is 9. The number of anilines is 2. The van der Waals surface area contributed by atoms with E-state index in [4.69, 9.17) is 15.2 Å². The summed E-state index contributed by atoms with van der Waals surface area (Å²) in [7, 11) is 3.19. The van der Waals surface area contributed by atoms with Gasteiger partial charge >= 0.3 is 5.69 Å². The van der Waals surface area contributed by atoms with Gasteiger partial charge in [-0.1, -0.05) is 0 Å². The number of pyridine rings is 1. The molecule has 0 radical (unpaired) electrons. The van der Waals surface area contributed by atoms with Gasteiger partial charge in [-0.05, 0) is 12.5 Å². The zero-order chi connectivity index (χ0) is 15.0. The number of nitrogens with two attached hydrogens (primary N) is 1. The van der Waals surface area contributed by atoms with E-state index in [2.05, 4.69) is 4.98 Å². The van der Waals surface area contributed by atoms with Crippen LogP contribution in [0.5, 0.6) is 0 Å². The van der Waals surface area contributed by atoms with Crippen LogP contribution >= 0.6 is 0 Å². The Morgan fingerprint density at radius 3 is 2.60 bits per heavy atom. The largest absolute Gasteiger partial charge is 0.385 e. The van der Waals surface area contributed by atoms with Crippen molar-refractivity contribution in [3.63, 3.8) is 0 Å². The SMILES string of the molecule is COCCCN(CCOC)c1nc(N)ccc1[N+](=O)[O-]. The topological polar surface area (TPSA) is 104 Å². The van der Waals surface area contributed by atoms with Gasteiger partial charge in [-0.25, -0.2) is 4.98 Å². The number of nitrogen functional groups attached to an aromatic ring is 1. The predicted octanol–water partition coefficient (Wildman–Crippen LogP) is 1.06. The van der Waals surface area contributed by atoms with E-state index in [9.17, 15) is 10.1 Å². The Morgan fingerprint density at radius 2 is 2.00 bits per heavy atom. The van der Waals surface area contributed by atoms with Crippen LogP contribution in [-0.4, -0.2) is 50.4 Å². The van der Waals surface area contributed by atoms with Crippen molar-refractivity contribution in [3.05, 3.63) is 22.2 Å². The second-order valence-electron chi connectivity index (χ2n) is 4.16. The van der Waals surface area contributed by atoms with E-state index in [0.717, 1.165) is 6.42 Å². The number of nitrogens with zero attached hydrogens (tertiary/aromatic N) is 3. The number of hydrogen-bond donors (Lipinski definition) is 1. The summed E-state index contributed by atoms with van der Waals surface area (Å²) in [5.41, 5.74) is 5.57. The lowest BCUT2D eigenvalue weighted by Gasteiger charge is -2.23. The molecule has 2 N–H and O–H groups in total. The Hall–Kier alpha value is -1.93. The zero-order valence-corrected chi connectivity index (χ0v) is 11.7. The Kier molecular flexibility index (Phi) is 6.68. The van der Waals surface area contributed by atoms with Gasteiger partial charge in [-0.2, -0.15) is 0 Å². The second kappa shape index (κ2) is 8.28. The minimum absolute atomic E-state index is 0.0623. The van der Waals surface area contributed by atoms with Crippen LogP contribution in [0.4, 0.5) is 17.3 Å². The van der Waals surface area contributed by atoms with E-state index in [1.54, 1.807) is 19.1 Å². The molecule has 0 aromatic carbocycles. The molecule has 0 saturated heterocycles. The Morgan fingerprint density at radius 1 is 1.30 bits per heavy atom. The fraction of sp³-hybridized carbons (Fsp3) is 0.583. The summed E-state index contributed by atoms with van der Waals surface area (Å²) >= 11 is 0. The highest BCUT2D eigenvalue weighted by atomic mass is 16.6. The molecule has 0 aliphatic heterocycles. The molecule has 112 valence electrons. The van der Waals surface area contributed by atoms with Crippen LogP contribution in [0.2, 0.25) is 0 Å². The van der Waals surface area contributed by atoms with Crippen molar-refractivity contribution in [2.75, 3.05) is 51.2 Å². The third-order valence-electron chi connectivity index (χ3n) is 2.71. The summed E-state index contributed by atoms with van der Waals surface area (Å²) in [6, 6.07) is 2.79. The monoisotopic (exact) mass is 284 g/mol. The molecule has 0 amide bonds. The fourth-order valence-corrected chi connectivity index (χ4v) is 1.76. The molecule has 20 heavy (non-hydrogen) atoms. The zero-order valence-electron chi connectivity index (χ0n) is 11.7. The predicted molar refractivity (Wildman–Crippen MR) is 75.9 cm³/mol. The van der Waals surface area contributed by atoms with Gasteiger partial charge in [-0.15, -0.1) is 0 Å². The highest BCUT2D eigenvalue weighted by Gasteiger charge is 2.21. The fourth-order valence-electron chi connectivity index (χ4n) is 1.76. The molecule has 8 heteroatoms. The van der Waals surface area contributed by atoms with E-state index in [0.29, 0.717) is 26.3 Å². The molecule has 0 atom stereocenters.